The van der Waals surface area contributed by atoms with E-state index in [0.717, 1.165) is 44.1 Å². The van der Waals surface area contributed by atoms with Crippen molar-refractivity contribution in [3.8, 4) is 0 Å². The molecular weight excluding hydrogens is 366 g/mol. The van der Waals surface area contributed by atoms with Gasteiger partial charge in [0.05, 0.1) is 13.2 Å². The smallest absolute Gasteiger partial charge is 0.250 e. The first kappa shape index (κ1) is 18.2. The summed E-state index contributed by atoms with van der Waals surface area (Å²) < 4.78 is 5.45. The van der Waals surface area contributed by atoms with E-state index in [1.807, 2.05) is 35.2 Å². The molecule has 3 heterocycles. The fourth-order valence-electron chi connectivity index (χ4n) is 4.65. The highest BCUT2D eigenvalue weighted by molar-refractivity contribution is 6.09. The molecule has 3 aliphatic rings. The van der Waals surface area contributed by atoms with Gasteiger partial charge in [0.1, 0.15) is 6.04 Å². The molecule has 5 rings (SSSR count). The van der Waals surface area contributed by atoms with E-state index in [9.17, 15) is 9.59 Å². The molecule has 150 valence electrons. The van der Waals surface area contributed by atoms with Gasteiger partial charge in [-0.25, -0.2) is 0 Å². The van der Waals surface area contributed by atoms with Crippen LogP contribution in [0.2, 0.25) is 0 Å². The molecule has 1 atom stereocenters. The lowest BCUT2D eigenvalue weighted by molar-refractivity contribution is -0.122. The number of fused-ring (bicyclic) bond motifs is 1. The SMILES string of the molecule is O=C(C1CCC(=O)N1c1ccccc1)N1CCc2cc(N3CCOCC3)ccc21. The van der Waals surface area contributed by atoms with Gasteiger partial charge in [-0.1, -0.05) is 18.2 Å². The van der Waals surface area contributed by atoms with E-state index in [0.29, 0.717) is 19.4 Å². The maximum atomic E-state index is 13.4. The van der Waals surface area contributed by atoms with Crippen LogP contribution in [0.1, 0.15) is 18.4 Å². The topological polar surface area (TPSA) is 53.1 Å². The van der Waals surface area contributed by atoms with Crippen LogP contribution in [-0.2, 0) is 20.7 Å². The van der Waals surface area contributed by atoms with Crippen LogP contribution in [0.15, 0.2) is 48.5 Å². The molecule has 2 aromatic carbocycles. The Kier molecular flexibility index (Phi) is 4.72. The Bertz CT molecular complexity index is 924. The molecule has 29 heavy (non-hydrogen) atoms. The van der Waals surface area contributed by atoms with Crippen molar-refractivity contribution in [2.45, 2.75) is 25.3 Å². The predicted molar refractivity (Wildman–Crippen MR) is 112 cm³/mol. The summed E-state index contributed by atoms with van der Waals surface area (Å²) in [5.41, 5.74) is 4.19. The first-order valence-electron chi connectivity index (χ1n) is 10.4. The highest BCUT2D eigenvalue weighted by Crippen LogP contribution is 2.35. The third kappa shape index (κ3) is 3.27. The van der Waals surface area contributed by atoms with Gasteiger partial charge in [0.25, 0.3) is 0 Å². The van der Waals surface area contributed by atoms with E-state index in [4.69, 9.17) is 4.74 Å². The fourth-order valence-corrected chi connectivity index (χ4v) is 4.65. The van der Waals surface area contributed by atoms with Crippen LogP contribution in [0.25, 0.3) is 0 Å². The Morgan fingerprint density at radius 1 is 0.931 bits per heavy atom. The molecule has 0 saturated carbocycles. The molecule has 2 saturated heterocycles. The second-order valence-corrected chi connectivity index (χ2v) is 7.81. The predicted octanol–water partition coefficient (Wildman–Crippen LogP) is 2.61. The lowest BCUT2D eigenvalue weighted by Gasteiger charge is -2.30. The summed E-state index contributed by atoms with van der Waals surface area (Å²) in [7, 11) is 0. The number of hydrogen-bond acceptors (Lipinski definition) is 4. The average molecular weight is 391 g/mol. The number of carbonyl (C=O) groups excluding carboxylic acids is 2. The van der Waals surface area contributed by atoms with E-state index < -0.39 is 6.04 Å². The van der Waals surface area contributed by atoms with Crippen LogP contribution < -0.4 is 14.7 Å². The number of para-hydroxylation sites is 1. The number of carbonyl (C=O) groups is 2. The van der Waals surface area contributed by atoms with Gasteiger partial charge in [0.2, 0.25) is 11.8 Å². The van der Waals surface area contributed by atoms with Crippen LogP contribution in [0.5, 0.6) is 0 Å². The van der Waals surface area contributed by atoms with Crippen LogP contribution >= 0.6 is 0 Å². The highest BCUT2D eigenvalue weighted by atomic mass is 16.5. The largest absolute Gasteiger partial charge is 0.378 e. The molecule has 0 radical (unpaired) electrons. The van der Waals surface area contributed by atoms with Crippen molar-refractivity contribution in [3.63, 3.8) is 0 Å². The molecule has 6 heteroatoms. The number of ether oxygens (including phenoxy) is 1. The van der Waals surface area contributed by atoms with E-state index in [1.54, 1.807) is 4.90 Å². The molecule has 0 bridgehead atoms. The summed E-state index contributed by atoms with van der Waals surface area (Å²) >= 11 is 0. The van der Waals surface area contributed by atoms with Gasteiger partial charge >= 0.3 is 0 Å². The van der Waals surface area contributed by atoms with Crippen LogP contribution in [0.4, 0.5) is 17.1 Å². The Labute approximate surface area is 170 Å². The quantitative estimate of drug-likeness (QED) is 0.807. The molecule has 3 aliphatic heterocycles. The lowest BCUT2D eigenvalue weighted by Crippen LogP contribution is -2.46. The molecule has 0 aliphatic carbocycles. The Balaban J connectivity index is 1.38. The van der Waals surface area contributed by atoms with Gasteiger partial charge in [-0.2, -0.15) is 0 Å². The normalized spacial score (nSPS) is 21.6. The number of nitrogens with zero attached hydrogens (tertiary/aromatic N) is 3. The van der Waals surface area contributed by atoms with Gasteiger partial charge < -0.3 is 14.5 Å². The van der Waals surface area contributed by atoms with Crippen molar-refractivity contribution in [1.29, 1.82) is 0 Å². The number of morpholine rings is 1. The van der Waals surface area contributed by atoms with Crippen molar-refractivity contribution >= 4 is 28.9 Å². The van der Waals surface area contributed by atoms with Crippen LogP contribution in [-0.4, -0.2) is 50.7 Å². The molecule has 2 amide bonds. The van der Waals surface area contributed by atoms with Gasteiger partial charge in [0, 0.05) is 43.1 Å². The van der Waals surface area contributed by atoms with Crippen molar-refractivity contribution < 1.29 is 14.3 Å². The number of benzene rings is 2. The third-order valence-electron chi connectivity index (χ3n) is 6.13. The Hall–Kier alpha value is -2.86. The Morgan fingerprint density at radius 3 is 2.52 bits per heavy atom. The zero-order valence-corrected chi connectivity index (χ0v) is 16.4. The summed E-state index contributed by atoms with van der Waals surface area (Å²) in [6.45, 7) is 3.99. The van der Waals surface area contributed by atoms with Crippen molar-refractivity contribution in [1.82, 2.24) is 0 Å². The average Bonchev–Trinajstić information content (AvgIpc) is 3.37. The minimum atomic E-state index is -0.422. The maximum Gasteiger partial charge on any atom is 0.250 e. The summed E-state index contributed by atoms with van der Waals surface area (Å²) in [6, 6.07) is 15.5. The molecule has 0 N–H and O–H groups in total. The van der Waals surface area contributed by atoms with Gasteiger partial charge in [-0.15, -0.1) is 0 Å². The lowest BCUT2D eigenvalue weighted by atomic mass is 10.1. The molecule has 6 nitrogen and oxygen atoms in total. The first-order chi connectivity index (χ1) is 14.2. The number of rotatable bonds is 3. The minimum Gasteiger partial charge on any atom is -0.378 e. The monoisotopic (exact) mass is 391 g/mol. The minimum absolute atomic E-state index is 0.0247. The van der Waals surface area contributed by atoms with E-state index in [1.165, 1.54) is 11.3 Å². The summed E-state index contributed by atoms with van der Waals surface area (Å²) in [5.74, 6) is 0.0502. The highest BCUT2D eigenvalue weighted by Gasteiger charge is 2.40. The number of amides is 2. The molecule has 0 aromatic heterocycles. The third-order valence-corrected chi connectivity index (χ3v) is 6.13. The number of hydrogen-bond donors (Lipinski definition) is 0. The van der Waals surface area contributed by atoms with E-state index in [2.05, 4.69) is 23.1 Å². The zero-order valence-electron chi connectivity index (χ0n) is 16.4. The number of anilines is 3. The standard InChI is InChI=1S/C23H25N3O3/c27-22-9-8-21(26(22)18-4-2-1-3-5-18)23(28)25-11-10-17-16-19(6-7-20(17)25)24-12-14-29-15-13-24/h1-7,16,21H,8-15H2. The summed E-state index contributed by atoms with van der Waals surface area (Å²) in [5, 5.41) is 0. The fraction of sp³-hybridized carbons (Fsp3) is 0.391. The maximum absolute atomic E-state index is 13.4. The van der Waals surface area contributed by atoms with Crippen molar-refractivity contribution in [3.05, 3.63) is 54.1 Å². The van der Waals surface area contributed by atoms with E-state index >= 15 is 0 Å². The molecule has 0 spiro atoms. The zero-order chi connectivity index (χ0) is 19.8. The van der Waals surface area contributed by atoms with Crippen LogP contribution in [0.3, 0.4) is 0 Å². The van der Waals surface area contributed by atoms with Gasteiger partial charge in [-0.05, 0) is 48.7 Å². The summed E-state index contributed by atoms with van der Waals surface area (Å²) in [4.78, 5) is 31.8. The van der Waals surface area contributed by atoms with Crippen molar-refractivity contribution in [2.24, 2.45) is 0 Å². The van der Waals surface area contributed by atoms with Crippen LogP contribution in [0, 0.1) is 0 Å². The molecular formula is C23H25N3O3. The summed E-state index contributed by atoms with van der Waals surface area (Å²) in [6.07, 6.45) is 1.84. The Morgan fingerprint density at radius 2 is 1.72 bits per heavy atom. The second-order valence-electron chi connectivity index (χ2n) is 7.81. The molecule has 2 fully saturated rings. The van der Waals surface area contributed by atoms with E-state index in [-0.39, 0.29) is 11.8 Å². The molecule has 2 aromatic rings. The van der Waals surface area contributed by atoms with Crippen molar-refractivity contribution in [2.75, 3.05) is 47.5 Å². The van der Waals surface area contributed by atoms with Gasteiger partial charge in [0.15, 0.2) is 0 Å². The first-order valence-corrected chi connectivity index (χ1v) is 10.4. The van der Waals surface area contributed by atoms with Gasteiger partial charge in [-0.3, -0.25) is 14.5 Å². The second kappa shape index (κ2) is 7.52. The molecule has 1 unspecified atom stereocenters.